The highest BCUT2D eigenvalue weighted by atomic mass is 35.5. The van der Waals surface area contributed by atoms with Crippen LogP contribution in [0.1, 0.15) is 40.2 Å². The molecule has 1 aromatic heterocycles. The van der Waals surface area contributed by atoms with Gasteiger partial charge in [0.25, 0.3) is 5.91 Å². The molecule has 1 aliphatic heterocycles. The third-order valence-corrected chi connectivity index (χ3v) is 7.28. The highest BCUT2D eigenvalue weighted by Crippen LogP contribution is 2.34. The van der Waals surface area contributed by atoms with E-state index in [4.69, 9.17) is 11.6 Å². The Balaban J connectivity index is 1.64. The monoisotopic (exact) mass is 521 g/mol. The summed E-state index contributed by atoms with van der Waals surface area (Å²) in [6, 6.07) is 10.5. The van der Waals surface area contributed by atoms with E-state index < -0.39 is 26.9 Å². The number of aromatic nitrogens is 1. The standard InChI is InChI=1S/C24H22ClF2N3O4S/c1-14-22(29-20-4-2-3-19(25)21(20)27)18(13-28-23(14)35(32,33)34)24(31)30-11-9-16(10-12-30)15-5-7-17(26)8-6-15/h2-8,13,16H,9-12H2,1H3,(H,28,29)(H,32,33,34). The average Bonchev–Trinajstić information content (AvgIpc) is 2.82. The Hall–Kier alpha value is -3.08. The van der Waals surface area contributed by atoms with E-state index in [1.54, 1.807) is 17.0 Å². The van der Waals surface area contributed by atoms with Crippen LogP contribution in [0, 0.1) is 18.6 Å². The number of halogens is 3. The third kappa shape index (κ3) is 5.29. The molecule has 1 saturated heterocycles. The lowest BCUT2D eigenvalue weighted by molar-refractivity contribution is 0.0713. The number of rotatable bonds is 5. The van der Waals surface area contributed by atoms with Crippen molar-refractivity contribution in [1.29, 1.82) is 0 Å². The number of hydrogen-bond acceptors (Lipinski definition) is 5. The lowest BCUT2D eigenvalue weighted by atomic mass is 9.89. The van der Waals surface area contributed by atoms with E-state index >= 15 is 0 Å². The van der Waals surface area contributed by atoms with Gasteiger partial charge < -0.3 is 10.2 Å². The molecule has 2 N–H and O–H groups in total. The first-order valence-corrected chi connectivity index (χ1v) is 12.6. The molecule has 0 unspecified atom stereocenters. The van der Waals surface area contributed by atoms with Crippen LogP contribution in [0.15, 0.2) is 53.7 Å². The van der Waals surface area contributed by atoms with Gasteiger partial charge in [0.05, 0.1) is 22.0 Å². The third-order valence-electron chi connectivity index (χ3n) is 6.09. The largest absolute Gasteiger partial charge is 0.352 e. The predicted octanol–water partition coefficient (Wildman–Crippen LogP) is 5.33. The number of likely N-dealkylation sites (tertiary alicyclic amines) is 1. The Morgan fingerprint density at radius 1 is 1.14 bits per heavy atom. The van der Waals surface area contributed by atoms with Crippen LogP contribution in [0.5, 0.6) is 0 Å². The molecule has 4 rings (SSSR count). The molecule has 2 heterocycles. The number of benzene rings is 2. The molecule has 0 radical (unpaired) electrons. The minimum Gasteiger partial charge on any atom is -0.352 e. The lowest BCUT2D eigenvalue weighted by Gasteiger charge is -2.33. The maximum Gasteiger partial charge on any atom is 0.312 e. The molecule has 11 heteroatoms. The topological polar surface area (TPSA) is 99.6 Å². The SMILES string of the molecule is Cc1c(S(=O)(=O)O)ncc(C(=O)N2CCC(c3ccc(F)cc3)CC2)c1Nc1cccc(Cl)c1F. The predicted molar refractivity (Wildman–Crippen MR) is 128 cm³/mol. The van der Waals surface area contributed by atoms with Crippen molar-refractivity contribution >= 4 is 39.0 Å². The number of carbonyl (C=O) groups excluding carboxylic acids is 1. The van der Waals surface area contributed by atoms with Crippen LogP contribution >= 0.6 is 11.6 Å². The van der Waals surface area contributed by atoms with E-state index in [0.717, 1.165) is 11.8 Å². The molecule has 0 spiro atoms. The van der Waals surface area contributed by atoms with Crippen molar-refractivity contribution in [1.82, 2.24) is 9.88 Å². The summed E-state index contributed by atoms with van der Waals surface area (Å²) in [5.74, 6) is -1.35. The summed E-state index contributed by atoms with van der Waals surface area (Å²) in [4.78, 5) is 18.8. The van der Waals surface area contributed by atoms with Crippen molar-refractivity contribution in [2.45, 2.75) is 30.7 Å². The van der Waals surface area contributed by atoms with Gasteiger partial charge in [-0.2, -0.15) is 8.42 Å². The van der Waals surface area contributed by atoms with Crippen LogP contribution in [0.25, 0.3) is 0 Å². The summed E-state index contributed by atoms with van der Waals surface area (Å²) in [5, 5.41) is 1.96. The fraction of sp³-hybridized carbons (Fsp3) is 0.250. The van der Waals surface area contributed by atoms with Gasteiger partial charge >= 0.3 is 10.1 Å². The molecule has 0 bridgehead atoms. The van der Waals surface area contributed by atoms with Crippen molar-refractivity contribution in [3.05, 3.63) is 82.0 Å². The Bertz CT molecular complexity index is 1380. The van der Waals surface area contributed by atoms with Crippen molar-refractivity contribution in [3.8, 4) is 0 Å². The molecule has 7 nitrogen and oxygen atoms in total. The zero-order valence-electron chi connectivity index (χ0n) is 18.6. The smallest absolute Gasteiger partial charge is 0.312 e. The maximum atomic E-state index is 14.6. The molecule has 0 aliphatic carbocycles. The van der Waals surface area contributed by atoms with E-state index in [1.807, 2.05) is 0 Å². The fourth-order valence-electron chi connectivity index (χ4n) is 4.23. The Morgan fingerprint density at radius 2 is 1.80 bits per heavy atom. The number of pyridine rings is 1. The van der Waals surface area contributed by atoms with Crippen LogP contribution in [0.3, 0.4) is 0 Å². The summed E-state index contributed by atoms with van der Waals surface area (Å²) >= 11 is 5.86. The number of anilines is 2. The number of nitrogens with zero attached hydrogens (tertiary/aromatic N) is 2. The van der Waals surface area contributed by atoms with Crippen molar-refractivity contribution < 1.29 is 26.5 Å². The highest BCUT2D eigenvalue weighted by Gasteiger charge is 2.29. The molecule has 1 fully saturated rings. The highest BCUT2D eigenvalue weighted by molar-refractivity contribution is 7.85. The number of piperidine rings is 1. The van der Waals surface area contributed by atoms with Crippen LogP contribution in [-0.2, 0) is 10.1 Å². The molecule has 0 saturated carbocycles. The zero-order chi connectivity index (χ0) is 25.3. The molecule has 1 amide bonds. The van der Waals surface area contributed by atoms with Gasteiger partial charge in [-0.05, 0) is 55.5 Å². The molecular weight excluding hydrogens is 500 g/mol. The van der Waals surface area contributed by atoms with Gasteiger partial charge in [0.1, 0.15) is 5.82 Å². The molecule has 2 aromatic carbocycles. The van der Waals surface area contributed by atoms with Crippen LogP contribution in [-0.4, -0.2) is 41.9 Å². The van der Waals surface area contributed by atoms with Crippen LogP contribution in [0.4, 0.5) is 20.2 Å². The van der Waals surface area contributed by atoms with E-state index in [1.165, 1.54) is 37.3 Å². The molecule has 35 heavy (non-hydrogen) atoms. The maximum absolute atomic E-state index is 14.6. The average molecular weight is 522 g/mol. The van der Waals surface area contributed by atoms with Gasteiger partial charge in [0.2, 0.25) is 0 Å². The van der Waals surface area contributed by atoms with E-state index in [2.05, 4.69) is 10.3 Å². The first-order valence-electron chi connectivity index (χ1n) is 10.8. The number of carbonyl (C=O) groups is 1. The van der Waals surface area contributed by atoms with E-state index in [0.29, 0.717) is 25.9 Å². The van der Waals surface area contributed by atoms with Crippen LogP contribution in [0.2, 0.25) is 5.02 Å². The lowest BCUT2D eigenvalue weighted by Crippen LogP contribution is -2.38. The minimum absolute atomic E-state index is 0.000510. The second kappa shape index (κ2) is 9.88. The summed E-state index contributed by atoms with van der Waals surface area (Å²) in [7, 11) is -4.70. The Kier molecular flexibility index (Phi) is 7.07. The first-order chi connectivity index (χ1) is 16.6. The quantitative estimate of drug-likeness (QED) is 0.440. The van der Waals surface area contributed by atoms with Gasteiger partial charge in [-0.15, -0.1) is 0 Å². The fourth-order valence-corrected chi connectivity index (χ4v) is 5.08. The molecule has 184 valence electrons. The molecule has 3 aromatic rings. The normalized spacial score (nSPS) is 14.7. The van der Waals surface area contributed by atoms with Crippen LogP contribution < -0.4 is 5.32 Å². The van der Waals surface area contributed by atoms with Gasteiger partial charge in [-0.3, -0.25) is 9.35 Å². The van der Waals surface area contributed by atoms with E-state index in [-0.39, 0.29) is 39.3 Å². The second-order valence-corrected chi connectivity index (χ2v) is 10.0. The Morgan fingerprint density at radius 3 is 2.43 bits per heavy atom. The molecular formula is C24H22ClF2N3O4S. The van der Waals surface area contributed by atoms with Gasteiger partial charge in [0, 0.05) is 24.8 Å². The molecule has 0 atom stereocenters. The summed E-state index contributed by atoms with van der Waals surface area (Å²) in [6.07, 6.45) is 2.35. The summed E-state index contributed by atoms with van der Waals surface area (Å²) < 4.78 is 61.0. The molecule has 1 aliphatic rings. The first kappa shape index (κ1) is 25.0. The Labute approximate surface area is 206 Å². The van der Waals surface area contributed by atoms with E-state index in [9.17, 15) is 26.5 Å². The van der Waals surface area contributed by atoms with Crippen molar-refractivity contribution in [2.75, 3.05) is 18.4 Å². The van der Waals surface area contributed by atoms with Gasteiger partial charge in [0.15, 0.2) is 10.8 Å². The summed E-state index contributed by atoms with van der Waals surface area (Å²) in [5.41, 5.74) is 0.900. The second-order valence-electron chi connectivity index (χ2n) is 8.30. The van der Waals surface area contributed by atoms with Gasteiger partial charge in [-0.1, -0.05) is 29.8 Å². The number of hydrogen-bond donors (Lipinski definition) is 2. The van der Waals surface area contributed by atoms with Crippen molar-refractivity contribution in [2.24, 2.45) is 0 Å². The van der Waals surface area contributed by atoms with Crippen molar-refractivity contribution in [3.63, 3.8) is 0 Å². The number of nitrogens with one attached hydrogen (secondary N) is 1. The minimum atomic E-state index is -4.70. The number of amides is 1. The van der Waals surface area contributed by atoms with Gasteiger partial charge in [-0.25, -0.2) is 13.8 Å². The zero-order valence-corrected chi connectivity index (χ0v) is 20.2. The summed E-state index contributed by atoms with van der Waals surface area (Å²) in [6.45, 7) is 2.17.